The van der Waals surface area contributed by atoms with Crippen LogP contribution in [-0.4, -0.2) is 49.7 Å². The van der Waals surface area contributed by atoms with Gasteiger partial charge in [-0.25, -0.2) is 0 Å². The van der Waals surface area contributed by atoms with Crippen LogP contribution in [0.15, 0.2) is 53.4 Å². The molecule has 0 aliphatic carbocycles. The topological polar surface area (TPSA) is 70.7 Å². The van der Waals surface area contributed by atoms with Crippen molar-refractivity contribution in [3.63, 3.8) is 0 Å². The van der Waals surface area contributed by atoms with Crippen molar-refractivity contribution in [1.82, 2.24) is 10.2 Å². The molecule has 1 aliphatic heterocycles. The summed E-state index contributed by atoms with van der Waals surface area (Å²) < 4.78 is 5.08. The van der Waals surface area contributed by atoms with Crippen LogP contribution in [0.2, 0.25) is 0 Å². The molecule has 0 spiro atoms. The number of carbonyl (C=O) groups excluding carboxylic acids is 2. The molecule has 0 radical (unpaired) electrons. The third-order valence-electron chi connectivity index (χ3n) is 5.40. The molecule has 1 saturated heterocycles. The van der Waals surface area contributed by atoms with Crippen molar-refractivity contribution in [2.45, 2.75) is 24.3 Å². The Morgan fingerprint density at radius 2 is 1.77 bits per heavy atom. The zero-order valence-electron chi connectivity index (χ0n) is 17.5. The molecular formula is C23H29N3O3S. The lowest BCUT2D eigenvalue weighted by Gasteiger charge is -2.32. The molecular weight excluding hydrogens is 398 g/mol. The molecule has 6 nitrogen and oxygen atoms in total. The highest BCUT2D eigenvalue weighted by Crippen LogP contribution is 2.24. The molecule has 0 bridgehead atoms. The van der Waals surface area contributed by atoms with Gasteiger partial charge >= 0.3 is 11.8 Å². The van der Waals surface area contributed by atoms with E-state index >= 15 is 0 Å². The number of amides is 2. The molecule has 3 rings (SSSR count). The van der Waals surface area contributed by atoms with Crippen molar-refractivity contribution >= 4 is 29.3 Å². The van der Waals surface area contributed by atoms with Crippen LogP contribution in [-0.2, 0) is 16.1 Å². The first-order valence-electron chi connectivity index (χ1n) is 10.2. The average molecular weight is 428 g/mol. The Hall–Kier alpha value is -2.51. The summed E-state index contributed by atoms with van der Waals surface area (Å²) in [4.78, 5) is 28.0. The smallest absolute Gasteiger partial charge is 0.313 e. The van der Waals surface area contributed by atoms with Gasteiger partial charge < -0.3 is 15.4 Å². The Labute approximate surface area is 182 Å². The standard InChI is InChI=1S/C23H29N3O3S/c1-29-20-9-7-19(8-10-20)25-23(28)22(27)24-15-17-11-13-26(14-12-17)16-18-5-3-4-6-21(18)30-2/h3-10,17H,11-16H2,1-2H3,(H,24,27)(H,25,28). The molecule has 2 amide bonds. The average Bonchev–Trinajstić information content (AvgIpc) is 2.79. The Bertz CT molecular complexity index is 849. The van der Waals surface area contributed by atoms with Crippen LogP contribution in [0.4, 0.5) is 5.69 Å². The number of nitrogens with one attached hydrogen (secondary N) is 2. The number of nitrogens with zero attached hydrogens (tertiary/aromatic N) is 1. The van der Waals surface area contributed by atoms with Crippen LogP contribution >= 0.6 is 11.8 Å². The normalized spacial score (nSPS) is 14.9. The molecule has 2 aromatic carbocycles. The molecule has 2 aromatic rings. The molecule has 0 unspecified atom stereocenters. The highest BCUT2D eigenvalue weighted by Gasteiger charge is 2.22. The summed E-state index contributed by atoms with van der Waals surface area (Å²) >= 11 is 1.78. The predicted molar refractivity (Wildman–Crippen MR) is 121 cm³/mol. The maximum atomic E-state index is 12.1. The molecule has 7 heteroatoms. The minimum Gasteiger partial charge on any atom is -0.497 e. The maximum Gasteiger partial charge on any atom is 0.313 e. The second-order valence-electron chi connectivity index (χ2n) is 7.42. The van der Waals surface area contributed by atoms with Crippen molar-refractivity contribution < 1.29 is 14.3 Å². The number of ether oxygens (including phenoxy) is 1. The summed E-state index contributed by atoms with van der Waals surface area (Å²) in [5.74, 6) is -0.149. The molecule has 160 valence electrons. The van der Waals surface area contributed by atoms with Gasteiger partial charge in [-0.15, -0.1) is 11.8 Å². The van der Waals surface area contributed by atoms with Crippen molar-refractivity contribution in [1.29, 1.82) is 0 Å². The van der Waals surface area contributed by atoms with E-state index in [9.17, 15) is 9.59 Å². The number of hydrogen-bond donors (Lipinski definition) is 2. The summed E-state index contributed by atoms with van der Waals surface area (Å²) in [6.45, 7) is 3.49. The van der Waals surface area contributed by atoms with Gasteiger partial charge in [0.05, 0.1) is 7.11 Å². The van der Waals surface area contributed by atoms with E-state index in [4.69, 9.17) is 4.74 Å². The van der Waals surface area contributed by atoms with E-state index in [-0.39, 0.29) is 0 Å². The Balaban J connectivity index is 1.39. The second kappa shape index (κ2) is 11.0. The summed E-state index contributed by atoms with van der Waals surface area (Å²) in [6, 6.07) is 15.4. The highest BCUT2D eigenvalue weighted by molar-refractivity contribution is 7.98. The maximum absolute atomic E-state index is 12.1. The van der Waals surface area contributed by atoms with Crippen molar-refractivity contribution in [2.24, 2.45) is 5.92 Å². The lowest BCUT2D eigenvalue weighted by atomic mass is 9.96. The van der Waals surface area contributed by atoms with Crippen molar-refractivity contribution in [3.8, 4) is 5.75 Å². The van der Waals surface area contributed by atoms with Crippen LogP contribution in [0.5, 0.6) is 5.75 Å². The Morgan fingerprint density at radius 1 is 1.07 bits per heavy atom. The van der Waals surface area contributed by atoms with Gasteiger partial charge in [-0.2, -0.15) is 0 Å². The van der Waals surface area contributed by atoms with Crippen LogP contribution < -0.4 is 15.4 Å². The molecule has 30 heavy (non-hydrogen) atoms. The highest BCUT2D eigenvalue weighted by atomic mass is 32.2. The van der Waals surface area contributed by atoms with Gasteiger partial charge in [0, 0.05) is 23.7 Å². The number of benzene rings is 2. The summed E-state index contributed by atoms with van der Waals surface area (Å²) in [5.41, 5.74) is 1.93. The van der Waals surface area contributed by atoms with Crippen LogP contribution in [0, 0.1) is 5.92 Å². The molecule has 0 saturated carbocycles. The van der Waals surface area contributed by atoms with E-state index in [1.165, 1.54) is 10.5 Å². The first-order valence-corrected chi connectivity index (χ1v) is 11.4. The molecule has 2 N–H and O–H groups in total. The van der Waals surface area contributed by atoms with E-state index in [1.54, 1.807) is 43.1 Å². The molecule has 1 aliphatic rings. The number of hydrogen-bond acceptors (Lipinski definition) is 5. The van der Waals surface area contributed by atoms with E-state index < -0.39 is 11.8 Å². The Morgan fingerprint density at radius 3 is 2.43 bits per heavy atom. The van der Waals surface area contributed by atoms with E-state index in [2.05, 4.69) is 46.1 Å². The SMILES string of the molecule is COc1ccc(NC(=O)C(=O)NCC2CCN(Cc3ccccc3SC)CC2)cc1. The zero-order chi connectivity index (χ0) is 21.3. The number of anilines is 1. The number of thioether (sulfide) groups is 1. The largest absolute Gasteiger partial charge is 0.497 e. The van der Waals surface area contributed by atoms with E-state index in [0.29, 0.717) is 23.9 Å². The fourth-order valence-corrected chi connectivity index (χ4v) is 4.21. The number of carbonyl (C=O) groups is 2. The van der Waals surface area contributed by atoms with Gasteiger partial charge in [-0.1, -0.05) is 18.2 Å². The fourth-order valence-electron chi connectivity index (χ4n) is 3.60. The van der Waals surface area contributed by atoms with Gasteiger partial charge in [0.2, 0.25) is 0 Å². The van der Waals surface area contributed by atoms with Gasteiger partial charge in [0.15, 0.2) is 0 Å². The van der Waals surface area contributed by atoms with Gasteiger partial charge in [-0.05, 0) is 74.0 Å². The van der Waals surface area contributed by atoms with E-state index in [1.807, 2.05) is 0 Å². The van der Waals surface area contributed by atoms with Crippen molar-refractivity contribution in [3.05, 3.63) is 54.1 Å². The zero-order valence-corrected chi connectivity index (χ0v) is 18.3. The number of rotatable bonds is 7. The van der Waals surface area contributed by atoms with E-state index in [0.717, 1.165) is 32.5 Å². The molecule has 0 aromatic heterocycles. The Kier molecular flexibility index (Phi) is 8.16. The van der Waals surface area contributed by atoms with Gasteiger partial charge in [0.1, 0.15) is 5.75 Å². The summed E-state index contributed by atoms with van der Waals surface area (Å²) in [6.07, 6.45) is 4.14. The number of piperidine rings is 1. The predicted octanol–water partition coefficient (Wildman–Crippen LogP) is 3.38. The third-order valence-corrected chi connectivity index (χ3v) is 6.24. The van der Waals surface area contributed by atoms with Gasteiger partial charge in [-0.3, -0.25) is 14.5 Å². The molecule has 0 atom stereocenters. The number of likely N-dealkylation sites (tertiary alicyclic amines) is 1. The van der Waals surface area contributed by atoms with Crippen LogP contribution in [0.3, 0.4) is 0 Å². The fraction of sp³-hybridized carbons (Fsp3) is 0.391. The van der Waals surface area contributed by atoms with Gasteiger partial charge in [0.25, 0.3) is 0 Å². The summed E-state index contributed by atoms with van der Waals surface area (Å²) in [5, 5.41) is 5.39. The second-order valence-corrected chi connectivity index (χ2v) is 8.27. The lowest BCUT2D eigenvalue weighted by Crippen LogP contribution is -2.41. The van der Waals surface area contributed by atoms with Crippen LogP contribution in [0.1, 0.15) is 18.4 Å². The molecule has 1 heterocycles. The quantitative estimate of drug-likeness (QED) is 0.524. The minimum atomic E-state index is -0.647. The first kappa shape index (κ1) is 22.2. The molecule has 1 fully saturated rings. The monoisotopic (exact) mass is 427 g/mol. The van der Waals surface area contributed by atoms with Crippen LogP contribution in [0.25, 0.3) is 0 Å². The first-order chi connectivity index (χ1) is 14.6. The lowest BCUT2D eigenvalue weighted by molar-refractivity contribution is -0.136. The third kappa shape index (κ3) is 6.24. The van der Waals surface area contributed by atoms with Crippen molar-refractivity contribution in [2.75, 3.05) is 38.3 Å². The summed E-state index contributed by atoms with van der Waals surface area (Å²) in [7, 11) is 1.58. The number of methoxy groups -OCH3 is 1. The minimum absolute atomic E-state index is 0.398.